The number of nitrogens with zero attached hydrogens (tertiary/aromatic N) is 2. The van der Waals surface area contributed by atoms with E-state index in [1.54, 1.807) is 37.6 Å². The van der Waals surface area contributed by atoms with Gasteiger partial charge in [0.2, 0.25) is 0 Å². The van der Waals surface area contributed by atoms with Crippen LogP contribution in [0.4, 0.5) is 5.69 Å². The summed E-state index contributed by atoms with van der Waals surface area (Å²) in [5.41, 5.74) is 7.21. The van der Waals surface area contributed by atoms with Crippen molar-refractivity contribution in [2.24, 2.45) is 0 Å². The van der Waals surface area contributed by atoms with E-state index in [4.69, 9.17) is 9.47 Å². The normalized spacial score (nSPS) is 14.4. The molecule has 3 N–H and O–H groups in total. The van der Waals surface area contributed by atoms with Crippen molar-refractivity contribution < 1.29 is 24.7 Å². The van der Waals surface area contributed by atoms with E-state index in [1.165, 1.54) is 7.11 Å². The third kappa shape index (κ3) is 5.33. The Bertz CT molecular complexity index is 1360. The van der Waals surface area contributed by atoms with Crippen molar-refractivity contribution in [1.82, 2.24) is 15.3 Å². The van der Waals surface area contributed by atoms with Crippen molar-refractivity contribution >= 4 is 17.7 Å². The molecule has 1 fully saturated rings. The molecule has 1 aromatic heterocycles. The highest BCUT2D eigenvalue weighted by Crippen LogP contribution is 2.50. The highest BCUT2D eigenvalue weighted by Gasteiger charge is 2.46. The molecular weight excluding hydrogens is 470 g/mol. The van der Waals surface area contributed by atoms with E-state index in [0.717, 1.165) is 46.4 Å². The zero-order chi connectivity index (χ0) is 26.8. The number of hydrogen-bond donors (Lipinski definition) is 3. The largest absolute Gasteiger partial charge is 0.491 e. The van der Waals surface area contributed by atoms with Gasteiger partial charge in [0, 0.05) is 30.5 Å². The Morgan fingerprint density at radius 2 is 1.89 bits per heavy atom. The number of quaternary nitrogens is 1. The predicted molar refractivity (Wildman–Crippen MR) is 142 cm³/mol. The summed E-state index contributed by atoms with van der Waals surface area (Å²) in [6, 6.07) is 14.7. The fourth-order valence-electron chi connectivity index (χ4n) is 4.27. The first-order valence-corrected chi connectivity index (χ1v) is 11.9. The summed E-state index contributed by atoms with van der Waals surface area (Å²) in [6.07, 6.45) is 6.69. The minimum atomic E-state index is -1.91. The van der Waals surface area contributed by atoms with E-state index in [-0.39, 0.29) is 17.0 Å². The van der Waals surface area contributed by atoms with Crippen LogP contribution in [0.5, 0.6) is 5.75 Å². The minimum Gasteiger partial charge on any atom is -0.491 e. The molecule has 1 saturated carbocycles. The number of benzene rings is 2. The molecule has 0 radical (unpaired) electrons. The number of pyridine rings is 1. The predicted octanol–water partition coefficient (Wildman–Crippen LogP) is 5.40. The summed E-state index contributed by atoms with van der Waals surface area (Å²) in [7, 11) is 3.03. The third-order valence-electron chi connectivity index (χ3n) is 6.86. The maximum absolute atomic E-state index is 12.9. The molecule has 0 saturated heterocycles. The monoisotopic (exact) mass is 502 g/mol. The van der Waals surface area contributed by atoms with Crippen LogP contribution in [0.15, 0.2) is 73.0 Å². The van der Waals surface area contributed by atoms with Crippen molar-refractivity contribution in [2.75, 3.05) is 14.2 Å². The smallest absolute Gasteiger partial charge is 0.301 e. The lowest BCUT2D eigenvalue weighted by molar-refractivity contribution is -0.318. The molecular formula is C29H32N3O5+. The molecule has 3 aromatic rings. The Morgan fingerprint density at radius 1 is 1.14 bits per heavy atom. The van der Waals surface area contributed by atoms with Crippen LogP contribution in [0.1, 0.15) is 35.1 Å². The first-order valence-electron chi connectivity index (χ1n) is 11.9. The zero-order valence-corrected chi connectivity index (χ0v) is 21.5. The van der Waals surface area contributed by atoms with Crippen LogP contribution in [-0.4, -0.2) is 35.5 Å². The van der Waals surface area contributed by atoms with Gasteiger partial charge in [0.1, 0.15) is 0 Å². The first kappa shape index (κ1) is 26.2. The molecule has 0 atom stereocenters. The summed E-state index contributed by atoms with van der Waals surface area (Å²) in [6.45, 7) is 7.84. The maximum Gasteiger partial charge on any atom is 0.301 e. The number of methoxy groups -OCH3 is 2. The van der Waals surface area contributed by atoms with Gasteiger partial charge in [-0.25, -0.2) is 0 Å². The second-order valence-electron chi connectivity index (χ2n) is 9.17. The van der Waals surface area contributed by atoms with Crippen molar-refractivity contribution in [2.45, 2.75) is 32.3 Å². The van der Waals surface area contributed by atoms with E-state index >= 15 is 0 Å². The van der Waals surface area contributed by atoms with Gasteiger partial charge in [0.05, 0.1) is 23.3 Å². The number of aromatic nitrogens is 1. The summed E-state index contributed by atoms with van der Waals surface area (Å²) in [4.78, 5) is 15.5. The van der Waals surface area contributed by atoms with Crippen LogP contribution in [-0.2, 0) is 15.1 Å². The van der Waals surface area contributed by atoms with Crippen LogP contribution in [0.3, 0.4) is 0 Å². The van der Waals surface area contributed by atoms with Crippen molar-refractivity contribution in [3.05, 3.63) is 95.2 Å². The van der Waals surface area contributed by atoms with Gasteiger partial charge in [0.15, 0.2) is 5.75 Å². The lowest BCUT2D eigenvalue weighted by atomic mass is 9.94. The van der Waals surface area contributed by atoms with Gasteiger partial charge in [-0.15, -0.1) is 15.8 Å². The van der Waals surface area contributed by atoms with E-state index in [1.807, 2.05) is 50.2 Å². The molecule has 8 nitrogen and oxygen atoms in total. The Balaban J connectivity index is 1.58. The average molecular weight is 503 g/mol. The molecule has 2 aromatic carbocycles. The third-order valence-corrected chi connectivity index (χ3v) is 6.86. The molecule has 0 spiro atoms. The number of hydrogen-bond acceptors (Lipinski definition) is 6. The van der Waals surface area contributed by atoms with Gasteiger partial charge < -0.3 is 9.47 Å². The van der Waals surface area contributed by atoms with Crippen LogP contribution in [0, 0.1) is 13.8 Å². The number of carbonyl (C=O) groups excluding carboxylic acids is 1. The molecule has 1 heterocycles. The van der Waals surface area contributed by atoms with Gasteiger partial charge >= 0.3 is 5.91 Å². The van der Waals surface area contributed by atoms with E-state index in [9.17, 15) is 15.2 Å². The molecule has 0 bridgehead atoms. The summed E-state index contributed by atoms with van der Waals surface area (Å²) < 4.78 is 10.9. The molecule has 0 aliphatic heterocycles. The Kier molecular flexibility index (Phi) is 7.29. The van der Waals surface area contributed by atoms with E-state index in [0.29, 0.717) is 0 Å². The van der Waals surface area contributed by atoms with Gasteiger partial charge in [-0.1, -0.05) is 36.9 Å². The van der Waals surface area contributed by atoms with Crippen LogP contribution >= 0.6 is 0 Å². The topological polar surface area (TPSA) is 101 Å². The molecule has 1 amide bonds. The standard InChI is InChI=1S/C29H31N3O5/c1-19-9-13-24(25-8-6-7-17-30-25)23(21(19)3)12-10-20(2)28(33)31-32(34,35)26-18-22(11-14-27(26)36-4)29(37-5)15-16-29/h6-14,17-18,34-35H,2,15-16H2,1,3-5H3/p+1/b12-10-. The number of ether oxygens (including phenoxy) is 2. The number of carbonyl (C=O) groups is 1. The molecule has 4 rings (SSSR count). The minimum absolute atomic E-state index is 0.0316. The highest BCUT2D eigenvalue weighted by atomic mass is 16.9. The quantitative estimate of drug-likeness (QED) is 0.157. The highest BCUT2D eigenvalue weighted by molar-refractivity contribution is 5.97. The van der Waals surface area contributed by atoms with Crippen LogP contribution in [0.2, 0.25) is 0 Å². The summed E-state index contributed by atoms with van der Waals surface area (Å²) >= 11 is 0. The summed E-state index contributed by atoms with van der Waals surface area (Å²) in [5, 5.41) is 21.7. The van der Waals surface area contributed by atoms with Crippen molar-refractivity contribution in [3.8, 4) is 17.0 Å². The first-order chi connectivity index (χ1) is 17.6. The maximum atomic E-state index is 12.9. The number of nitrogens with one attached hydrogen (secondary N) is 1. The molecule has 37 heavy (non-hydrogen) atoms. The second-order valence-corrected chi connectivity index (χ2v) is 9.17. The van der Waals surface area contributed by atoms with Gasteiger partial charge in [-0.2, -0.15) is 0 Å². The summed E-state index contributed by atoms with van der Waals surface area (Å²) in [5.74, 6) is -0.580. The van der Waals surface area contributed by atoms with Gasteiger partial charge in [-0.3, -0.25) is 9.78 Å². The SMILES string of the molecule is C=C(/C=C\c1c(-c2ccccn2)ccc(C)c1C)C(=O)N[N+](O)(O)c1cc(C2(OC)CC2)ccc1OC. The molecule has 1 aliphatic rings. The fraction of sp³-hybridized carbons (Fsp3) is 0.241. The lowest BCUT2D eigenvalue weighted by Crippen LogP contribution is -2.57. The van der Waals surface area contributed by atoms with E-state index < -0.39 is 16.4 Å². The molecule has 1 aliphatic carbocycles. The van der Waals surface area contributed by atoms with Gasteiger partial charge in [0.25, 0.3) is 5.69 Å². The number of aryl methyl sites for hydroxylation is 1. The molecule has 8 heteroatoms. The van der Waals surface area contributed by atoms with Crippen molar-refractivity contribution in [3.63, 3.8) is 0 Å². The van der Waals surface area contributed by atoms with Crippen LogP contribution in [0.25, 0.3) is 17.3 Å². The number of rotatable bonds is 9. The van der Waals surface area contributed by atoms with Crippen molar-refractivity contribution in [1.29, 1.82) is 0 Å². The lowest BCUT2D eigenvalue weighted by Gasteiger charge is -2.23. The average Bonchev–Trinajstić information content (AvgIpc) is 3.70. The Hall–Kier alpha value is -3.82. The van der Waals surface area contributed by atoms with Gasteiger partial charge in [-0.05, 0) is 73.2 Å². The zero-order valence-electron chi connectivity index (χ0n) is 21.5. The second kappa shape index (κ2) is 10.3. The van der Waals surface area contributed by atoms with E-state index in [2.05, 4.69) is 17.0 Å². The molecule has 0 unspecified atom stereocenters. The Labute approximate surface area is 216 Å². The number of amides is 1. The fourth-order valence-corrected chi connectivity index (χ4v) is 4.27. The van der Waals surface area contributed by atoms with Crippen LogP contribution < -0.4 is 15.1 Å². The molecule has 192 valence electrons. The Morgan fingerprint density at radius 3 is 2.51 bits per heavy atom.